The number of rotatable bonds is 2. The van der Waals surface area contributed by atoms with E-state index in [0.717, 1.165) is 42.9 Å². The summed E-state index contributed by atoms with van der Waals surface area (Å²) in [5.74, 6) is -0.262. The molecular weight excluding hydrogens is 325 g/mol. The van der Waals surface area contributed by atoms with Crippen LogP contribution in [0.5, 0.6) is 0 Å². The van der Waals surface area contributed by atoms with Gasteiger partial charge in [0.05, 0.1) is 22.6 Å². The Hall–Kier alpha value is -2.17. The van der Waals surface area contributed by atoms with Gasteiger partial charge in [0.25, 0.3) is 0 Å². The summed E-state index contributed by atoms with van der Waals surface area (Å²) >= 11 is 6.54. The van der Waals surface area contributed by atoms with Crippen LogP contribution in [0.25, 0.3) is 16.9 Å². The number of nitrogens with one attached hydrogen (secondary N) is 1. The minimum absolute atomic E-state index is 0.262. The lowest BCUT2D eigenvalue weighted by Crippen LogP contribution is -2.16. The number of benzene rings is 2. The van der Waals surface area contributed by atoms with Crippen LogP contribution in [0.4, 0.5) is 4.39 Å². The highest BCUT2D eigenvalue weighted by Gasteiger charge is 2.19. The van der Waals surface area contributed by atoms with Crippen molar-refractivity contribution in [3.05, 3.63) is 70.6 Å². The van der Waals surface area contributed by atoms with Crippen LogP contribution in [0, 0.1) is 5.82 Å². The van der Waals surface area contributed by atoms with Crippen molar-refractivity contribution in [1.29, 1.82) is 0 Å². The first-order chi connectivity index (χ1) is 11.7. The van der Waals surface area contributed by atoms with Gasteiger partial charge in [-0.3, -0.25) is 0 Å². The average Bonchev–Trinajstić information content (AvgIpc) is 2.93. The molecule has 1 aliphatic rings. The predicted octanol–water partition coefficient (Wildman–Crippen LogP) is 4.02. The minimum Gasteiger partial charge on any atom is -0.316 e. The maximum absolute atomic E-state index is 13.6. The van der Waals surface area contributed by atoms with Gasteiger partial charge in [0.1, 0.15) is 5.82 Å². The molecule has 0 spiro atoms. The molecular formula is C19H17ClFN3. The third-order valence-electron chi connectivity index (χ3n) is 4.43. The van der Waals surface area contributed by atoms with Gasteiger partial charge in [-0.05, 0) is 61.3 Å². The van der Waals surface area contributed by atoms with Crippen LogP contribution in [0.2, 0.25) is 5.02 Å². The Kier molecular flexibility index (Phi) is 4.08. The number of aromatic nitrogens is 2. The Balaban J connectivity index is 1.91. The minimum atomic E-state index is -0.262. The molecule has 0 unspecified atom stereocenters. The van der Waals surface area contributed by atoms with Crippen LogP contribution in [-0.2, 0) is 12.8 Å². The molecule has 4 rings (SSSR count). The molecule has 122 valence electrons. The molecule has 5 heteroatoms. The molecule has 0 radical (unpaired) electrons. The summed E-state index contributed by atoms with van der Waals surface area (Å²) in [6, 6.07) is 12.5. The van der Waals surface area contributed by atoms with Crippen molar-refractivity contribution in [1.82, 2.24) is 15.1 Å². The highest BCUT2D eigenvalue weighted by molar-refractivity contribution is 6.32. The fourth-order valence-corrected chi connectivity index (χ4v) is 3.56. The lowest BCUT2D eigenvalue weighted by molar-refractivity contribution is 0.628. The van der Waals surface area contributed by atoms with Crippen LogP contribution in [0.1, 0.15) is 11.1 Å². The van der Waals surface area contributed by atoms with Crippen LogP contribution in [0.3, 0.4) is 0 Å². The molecule has 24 heavy (non-hydrogen) atoms. The van der Waals surface area contributed by atoms with Crippen LogP contribution in [0.15, 0.2) is 48.7 Å². The molecule has 3 aromatic rings. The molecule has 1 aromatic heterocycles. The van der Waals surface area contributed by atoms with E-state index in [4.69, 9.17) is 11.6 Å². The zero-order chi connectivity index (χ0) is 16.5. The Morgan fingerprint density at radius 2 is 1.96 bits per heavy atom. The number of hydrogen-bond donors (Lipinski definition) is 1. The summed E-state index contributed by atoms with van der Waals surface area (Å²) in [4.78, 5) is 0. The van der Waals surface area contributed by atoms with Gasteiger partial charge in [-0.25, -0.2) is 9.07 Å². The first-order valence-corrected chi connectivity index (χ1v) is 8.43. The highest BCUT2D eigenvalue weighted by atomic mass is 35.5. The Morgan fingerprint density at radius 3 is 2.83 bits per heavy atom. The van der Waals surface area contributed by atoms with Gasteiger partial charge in [-0.2, -0.15) is 5.10 Å². The number of nitrogens with zero attached hydrogens (tertiary/aromatic N) is 2. The van der Waals surface area contributed by atoms with Gasteiger partial charge in [0.15, 0.2) is 0 Å². The predicted molar refractivity (Wildman–Crippen MR) is 94.2 cm³/mol. The zero-order valence-electron chi connectivity index (χ0n) is 13.1. The van der Waals surface area contributed by atoms with Gasteiger partial charge in [0.2, 0.25) is 0 Å². The van der Waals surface area contributed by atoms with E-state index < -0.39 is 0 Å². The highest BCUT2D eigenvalue weighted by Crippen LogP contribution is 2.32. The molecule has 2 heterocycles. The summed E-state index contributed by atoms with van der Waals surface area (Å²) in [5, 5.41) is 8.56. The summed E-state index contributed by atoms with van der Waals surface area (Å²) in [6.45, 7) is 1.88. The molecule has 0 aliphatic carbocycles. The number of fused-ring (bicyclic) bond motifs is 1. The fourth-order valence-electron chi connectivity index (χ4n) is 3.30. The monoisotopic (exact) mass is 341 g/mol. The smallest absolute Gasteiger partial charge is 0.123 e. The number of hydrogen-bond acceptors (Lipinski definition) is 2. The lowest BCUT2D eigenvalue weighted by atomic mass is 10.0. The van der Waals surface area contributed by atoms with Crippen molar-refractivity contribution in [3.8, 4) is 16.9 Å². The second-order valence-electron chi connectivity index (χ2n) is 5.92. The van der Waals surface area contributed by atoms with Crippen LogP contribution < -0.4 is 5.32 Å². The lowest BCUT2D eigenvalue weighted by Gasteiger charge is -2.16. The molecule has 0 fully saturated rings. The van der Waals surface area contributed by atoms with Crippen molar-refractivity contribution in [2.45, 2.75) is 12.8 Å². The van der Waals surface area contributed by atoms with Gasteiger partial charge >= 0.3 is 0 Å². The quantitative estimate of drug-likeness (QED) is 0.763. The van der Waals surface area contributed by atoms with Crippen molar-refractivity contribution < 1.29 is 4.39 Å². The first-order valence-electron chi connectivity index (χ1n) is 8.05. The molecule has 1 aliphatic heterocycles. The summed E-state index contributed by atoms with van der Waals surface area (Å²) < 4.78 is 15.5. The second kappa shape index (κ2) is 6.38. The van der Waals surface area contributed by atoms with E-state index in [1.54, 1.807) is 12.3 Å². The third kappa shape index (κ3) is 2.72. The van der Waals surface area contributed by atoms with E-state index in [9.17, 15) is 4.39 Å². The molecule has 0 atom stereocenters. The van der Waals surface area contributed by atoms with E-state index in [1.165, 1.54) is 23.3 Å². The maximum Gasteiger partial charge on any atom is 0.123 e. The summed E-state index contributed by atoms with van der Waals surface area (Å²) in [6.07, 6.45) is 3.59. The molecule has 2 aromatic carbocycles. The van der Waals surface area contributed by atoms with E-state index in [-0.39, 0.29) is 5.82 Å². The molecule has 0 saturated carbocycles. The summed E-state index contributed by atoms with van der Waals surface area (Å²) in [5.41, 5.74) is 5.03. The Labute approximate surface area is 145 Å². The molecule has 3 nitrogen and oxygen atoms in total. The van der Waals surface area contributed by atoms with E-state index in [0.29, 0.717) is 5.02 Å². The van der Waals surface area contributed by atoms with Crippen molar-refractivity contribution >= 4 is 11.6 Å². The molecule has 0 saturated heterocycles. The van der Waals surface area contributed by atoms with Crippen molar-refractivity contribution in [3.63, 3.8) is 0 Å². The fraction of sp³-hybridized carbons (Fsp3) is 0.211. The largest absolute Gasteiger partial charge is 0.316 e. The maximum atomic E-state index is 13.6. The van der Waals surface area contributed by atoms with Crippen LogP contribution in [-0.4, -0.2) is 22.9 Å². The van der Waals surface area contributed by atoms with E-state index in [1.807, 2.05) is 22.9 Å². The van der Waals surface area contributed by atoms with Gasteiger partial charge in [0, 0.05) is 5.56 Å². The Morgan fingerprint density at radius 1 is 1.08 bits per heavy atom. The topological polar surface area (TPSA) is 29.9 Å². The van der Waals surface area contributed by atoms with Gasteiger partial charge < -0.3 is 5.32 Å². The van der Waals surface area contributed by atoms with Crippen LogP contribution >= 0.6 is 11.6 Å². The van der Waals surface area contributed by atoms with Crippen molar-refractivity contribution in [2.24, 2.45) is 0 Å². The van der Waals surface area contributed by atoms with Gasteiger partial charge in [-0.1, -0.05) is 29.8 Å². The van der Waals surface area contributed by atoms with Crippen molar-refractivity contribution in [2.75, 3.05) is 13.1 Å². The first kappa shape index (κ1) is 15.4. The average molecular weight is 342 g/mol. The second-order valence-corrected chi connectivity index (χ2v) is 6.33. The van der Waals surface area contributed by atoms with E-state index in [2.05, 4.69) is 16.5 Å². The van der Waals surface area contributed by atoms with E-state index >= 15 is 0 Å². The standard InChI is InChI=1S/C19H17ClFN3/c20-17-5-4-13-6-9-22-10-7-16(13)19(17)24-18(8-11-23-24)14-2-1-3-15(21)12-14/h1-5,8,11-12,22H,6-7,9-10H2. The SMILES string of the molecule is Fc1cccc(-c2ccnn2-c2c(Cl)ccc3c2CCNCC3)c1. The molecule has 0 amide bonds. The third-order valence-corrected chi connectivity index (χ3v) is 4.73. The van der Waals surface area contributed by atoms with Gasteiger partial charge in [-0.15, -0.1) is 0 Å². The summed E-state index contributed by atoms with van der Waals surface area (Å²) in [7, 11) is 0. The molecule has 1 N–H and O–H groups in total. The number of halogens is 2. The molecule has 0 bridgehead atoms. The normalized spacial score (nSPS) is 14.2. The Bertz CT molecular complexity index is 888. The zero-order valence-corrected chi connectivity index (χ0v) is 13.9.